The van der Waals surface area contributed by atoms with E-state index in [1.807, 2.05) is 41.8 Å². The predicted molar refractivity (Wildman–Crippen MR) is 132 cm³/mol. The van der Waals surface area contributed by atoms with Crippen LogP contribution in [0.5, 0.6) is 5.75 Å². The van der Waals surface area contributed by atoms with E-state index >= 15 is 0 Å². The monoisotopic (exact) mass is 486 g/mol. The van der Waals surface area contributed by atoms with Crippen LogP contribution in [-0.4, -0.2) is 64.2 Å². The highest BCUT2D eigenvalue weighted by atomic mass is 35.5. The number of aromatic nitrogens is 2. The zero-order chi connectivity index (χ0) is 24.1. The van der Waals surface area contributed by atoms with Crippen molar-refractivity contribution in [3.63, 3.8) is 0 Å². The number of nitrogens with zero attached hydrogens (tertiary/aromatic N) is 4. The Bertz CT molecular complexity index is 1000. The standard InChI is InChI=1S/C26H35ClN4O3/c1-20(2)31-23(10-12-28-31)25(33)30-15-7-11-26(18-30,17-24(32)29-13-4-3-5-14-29)19-34-22-9-6-8-21(27)16-22/h6,8-10,12,16,20H,3-5,7,11,13-15,17-19H2,1-2H3/t26-/m1/s1. The molecule has 1 aromatic heterocycles. The molecule has 4 rings (SSSR count). The molecule has 0 N–H and O–H groups in total. The van der Waals surface area contributed by atoms with E-state index in [0.717, 1.165) is 38.8 Å². The van der Waals surface area contributed by atoms with E-state index in [2.05, 4.69) is 5.10 Å². The molecule has 184 valence electrons. The van der Waals surface area contributed by atoms with Gasteiger partial charge < -0.3 is 14.5 Å². The Morgan fingerprint density at radius 2 is 1.85 bits per heavy atom. The van der Waals surface area contributed by atoms with Gasteiger partial charge in [-0.25, -0.2) is 0 Å². The number of hydrogen-bond donors (Lipinski definition) is 0. The largest absolute Gasteiger partial charge is 0.493 e. The van der Waals surface area contributed by atoms with E-state index in [1.165, 1.54) is 6.42 Å². The summed E-state index contributed by atoms with van der Waals surface area (Å²) in [6.45, 7) is 7.18. The molecule has 3 heterocycles. The van der Waals surface area contributed by atoms with Crippen molar-refractivity contribution in [2.75, 3.05) is 32.8 Å². The normalized spacial score (nSPS) is 21.1. The van der Waals surface area contributed by atoms with Gasteiger partial charge in [0.2, 0.25) is 5.91 Å². The number of carbonyl (C=O) groups is 2. The molecule has 8 heteroatoms. The lowest BCUT2D eigenvalue weighted by Gasteiger charge is -2.43. The van der Waals surface area contributed by atoms with Crippen molar-refractivity contribution >= 4 is 23.4 Å². The Labute approximate surface area is 207 Å². The number of piperidine rings is 2. The third kappa shape index (κ3) is 5.74. The number of carbonyl (C=O) groups excluding carboxylic acids is 2. The number of benzene rings is 1. The molecule has 2 aliphatic heterocycles. The average Bonchev–Trinajstić information content (AvgIpc) is 3.34. The molecule has 0 bridgehead atoms. The molecule has 2 amide bonds. The second-order valence-corrected chi connectivity index (χ2v) is 10.4. The molecule has 0 radical (unpaired) electrons. The molecule has 34 heavy (non-hydrogen) atoms. The van der Waals surface area contributed by atoms with Crippen LogP contribution >= 0.6 is 11.6 Å². The van der Waals surface area contributed by atoms with E-state index in [1.54, 1.807) is 23.0 Å². The summed E-state index contributed by atoms with van der Waals surface area (Å²) in [7, 11) is 0. The summed E-state index contributed by atoms with van der Waals surface area (Å²) in [5, 5.41) is 4.94. The summed E-state index contributed by atoms with van der Waals surface area (Å²) in [6, 6.07) is 9.19. The van der Waals surface area contributed by atoms with Gasteiger partial charge >= 0.3 is 0 Å². The molecule has 0 unspecified atom stereocenters. The van der Waals surface area contributed by atoms with Crippen molar-refractivity contribution in [1.82, 2.24) is 19.6 Å². The first-order valence-electron chi connectivity index (χ1n) is 12.4. The van der Waals surface area contributed by atoms with E-state index in [4.69, 9.17) is 16.3 Å². The number of hydrogen-bond acceptors (Lipinski definition) is 4. The molecule has 2 aliphatic rings. The summed E-state index contributed by atoms with van der Waals surface area (Å²) in [5.74, 6) is 0.804. The van der Waals surface area contributed by atoms with Crippen molar-refractivity contribution in [2.45, 2.75) is 58.4 Å². The Morgan fingerprint density at radius 1 is 1.09 bits per heavy atom. The van der Waals surface area contributed by atoms with E-state index < -0.39 is 5.41 Å². The zero-order valence-corrected chi connectivity index (χ0v) is 21.0. The van der Waals surface area contributed by atoms with Gasteiger partial charge in [-0.2, -0.15) is 5.10 Å². The number of likely N-dealkylation sites (tertiary alicyclic amines) is 2. The fourth-order valence-corrected chi connectivity index (χ4v) is 5.30. The van der Waals surface area contributed by atoms with Crippen molar-refractivity contribution in [1.29, 1.82) is 0 Å². The van der Waals surface area contributed by atoms with Crippen LogP contribution in [0.15, 0.2) is 36.5 Å². The SMILES string of the molecule is CC(C)n1nccc1C(=O)N1CCC[C@@](COc2cccc(Cl)c2)(CC(=O)N2CCCCC2)C1. The molecule has 0 aliphatic carbocycles. The number of ether oxygens (including phenoxy) is 1. The van der Waals surface area contributed by atoms with Gasteiger partial charge in [0, 0.05) is 55.3 Å². The lowest BCUT2D eigenvalue weighted by Crippen LogP contribution is -2.51. The minimum absolute atomic E-state index is 0.0385. The first-order valence-corrected chi connectivity index (χ1v) is 12.7. The highest BCUT2D eigenvalue weighted by molar-refractivity contribution is 6.30. The van der Waals surface area contributed by atoms with Gasteiger partial charge in [0.1, 0.15) is 11.4 Å². The van der Waals surface area contributed by atoms with E-state index in [-0.39, 0.29) is 17.9 Å². The van der Waals surface area contributed by atoms with Crippen LogP contribution < -0.4 is 4.74 Å². The van der Waals surface area contributed by atoms with Crippen LogP contribution in [0.1, 0.15) is 68.9 Å². The van der Waals surface area contributed by atoms with Gasteiger partial charge in [0.15, 0.2) is 0 Å². The number of halogens is 1. The first kappa shape index (κ1) is 24.6. The number of rotatable bonds is 7. The molecule has 0 saturated carbocycles. The van der Waals surface area contributed by atoms with E-state index in [9.17, 15) is 9.59 Å². The Kier molecular flexibility index (Phi) is 7.81. The van der Waals surface area contributed by atoms with Crippen LogP contribution in [0.25, 0.3) is 0 Å². The maximum atomic E-state index is 13.5. The van der Waals surface area contributed by atoms with Crippen molar-refractivity contribution < 1.29 is 14.3 Å². The predicted octanol–water partition coefficient (Wildman–Crippen LogP) is 4.82. The molecule has 1 atom stereocenters. The van der Waals surface area contributed by atoms with Gasteiger partial charge in [-0.05, 0) is 70.2 Å². The van der Waals surface area contributed by atoms with Crippen molar-refractivity contribution in [3.8, 4) is 5.75 Å². The fraction of sp³-hybridized carbons (Fsp3) is 0.577. The van der Waals surface area contributed by atoms with E-state index in [0.29, 0.717) is 42.6 Å². The summed E-state index contributed by atoms with van der Waals surface area (Å²) < 4.78 is 7.95. The molecule has 2 aromatic rings. The quantitative estimate of drug-likeness (QED) is 0.562. The minimum Gasteiger partial charge on any atom is -0.493 e. The van der Waals surface area contributed by atoms with Crippen molar-refractivity contribution in [3.05, 3.63) is 47.2 Å². The van der Waals surface area contributed by atoms with Crippen LogP contribution in [-0.2, 0) is 4.79 Å². The fourth-order valence-electron chi connectivity index (χ4n) is 5.12. The van der Waals surface area contributed by atoms with Crippen LogP contribution in [0.2, 0.25) is 5.02 Å². The molecule has 7 nitrogen and oxygen atoms in total. The molecule has 2 saturated heterocycles. The Balaban J connectivity index is 1.55. The number of amides is 2. The second-order valence-electron chi connectivity index (χ2n) is 9.95. The summed E-state index contributed by atoms with van der Waals surface area (Å²) in [4.78, 5) is 30.7. The molecule has 2 fully saturated rings. The summed E-state index contributed by atoms with van der Waals surface area (Å²) >= 11 is 6.15. The van der Waals surface area contributed by atoms with Gasteiger partial charge in [0.05, 0.1) is 6.61 Å². The Hall–Kier alpha value is -2.54. The third-order valence-electron chi connectivity index (χ3n) is 6.90. The van der Waals surface area contributed by atoms with Gasteiger partial charge in [0.25, 0.3) is 5.91 Å². The maximum Gasteiger partial charge on any atom is 0.272 e. The molecular formula is C26H35ClN4O3. The van der Waals surface area contributed by atoms with Crippen LogP contribution in [0.4, 0.5) is 0 Å². The smallest absolute Gasteiger partial charge is 0.272 e. The van der Waals surface area contributed by atoms with Gasteiger partial charge in [-0.15, -0.1) is 0 Å². The van der Waals surface area contributed by atoms with Crippen molar-refractivity contribution in [2.24, 2.45) is 5.41 Å². The zero-order valence-electron chi connectivity index (χ0n) is 20.2. The Morgan fingerprint density at radius 3 is 2.59 bits per heavy atom. The molecular weight excluding hydrogens is 452 g/mol. The first-order chi connectivity index (χ1) is 16.4. The maximum absolute atomic E-state index is 13.5. The highest BCUT2D eigenvalue weighted by Gasteiger charge is 2.41. The van der Waals surface area contributed by atoms with Gasteiger partial charge in [-0.3, -0.25) is 14.3 Å². The average molecular weight is 487 g/mol. The molecule has 1 aromatic carbocycles. The third-order valence-corrected chi connectivity index (χ3v) is 7.14. The summed E-state index contributed by atoms with van der Waals surface area (Å²) in [5.41, 5.74) is 0.136. The second kappa shape index (κ2) is 10.8. The molecule has 0 spiro atoms. The van der Waals surface area contributed by atoms with Gasteiger partial charge in [-0.1, -0.05) is 17.7 Å². The van der Waals surface area contributed by atoms with Crippen LogP contribution in [0, 0.1) is 5.41 Å². The highest BCUT2D eigenvalue weighted by Crippen LogP contribution is 2.36. The minimum atomic E-state index is -0.451. The van der Waals surface area contributed by atoms with Crippen LogP contribution in [0.3, 0.4) is 0 Å². The summed E-state index contributed by atoms with van der Waals surface area (Å²) in [6.07, 6.45) is 7.00. The lowest BCUT2D eigenvalue weighted by atomic mass is 9.77. The lowest BCUT2D eigenvalue weighted by molar-refractivity contribution is -0.136. The topological polar surface area (TPSA) is 67.7 Å².